The molecule has 0 fully saturated rings. The molecule has 3 aromatic rings. The fourth-order valence-corrected chi connectivity index (χ4v) is 2.77. The van der Waals surface area contributed by atoms with E-state index in [0.29, 0.717) is 23.6 Å². The first-order valence-corrected chi connectivity index (χ1v) is 9.34. The maximum atomic E-state index is 12.1. The van der Waals surface area contributed by atoms with Gasteiger partial charge in [-0.3, -0.25) is 14.4 Å². The van der Waals surface area contributed by atoms with Crippen LogP contribution < -0.4 is 10.1 Å². The number of carbonyl (C=O) groups is 3. The van der Waals surface area contributed by atoms with E-state index in [9.17, 15) is 14.4 Å². The number of ether oxygens (including phenoxy) is 2. The molecule has 0 bridgehead atoms. The number of H-pyrrole nitrogens is 1. The number of aromatic nitrogens is 1. The predicted octanol–water partition coefficient (Wildman–Crippen LogP) is 3.71. The summed E-state index contributed by atoms with van der Waals surface area (Å²) in [4.78, 5) is 39.0. The highest BCUT2D eigenvalue weighted by Gasteiger charge is 2.12. The van der Waals surface area contributed by atoms with E-state index in [1.165, 1.54) is 0 Å². The Labute approximate surface area is 168 Å². The van der Waals surface area contributed by atoms with Crippen molar-refractivity contribution in [2.75, 3.05) is 18.5 Å². The van der Waals surface area contributed by atoms with Gasteiger partial charge in [0.15, 0.2) is 12.4 Å². The molecule has 3 rings (SSSR count). The molecule has 0 radical (unpaired) electrons. The summed E-state index contributed by atoms with van der Waals surface area (Å²) in [6.45, 7) is 2.05. The van der Waals surface area contributed by atoms with E-state index in [0.717, 1.165) is 10.9 Å². The molecule has 0 atom stereocenters. The van der Waals surface area contributed by atoms with Gasteiger partial charge in [0.1, 0.15) is 5.75 Å². The first kappa shape index (κ1) is 20.1. The Morgan fingerprint density at radius 1 is 1.00 bits per heavy atom. The van der Waals surface area contributed by atoms with Gasteiger partial charge in [-0.2, -0.15) is 0 Å². The normalized spacial score (nSPS) is 10.5. The van der Waals surface area contributed by atoms with Gasteiger partial charge in [-0.25, -0.2) is 0 Å². The SMILES string of the molecule is CCOc1ccc(C(=O)COC(=O)CCC(=O)Nc2ccc3cc[nH]c3c2)cc1. The molecule has 1 aromatic heterocycles. The molecule has 1 amide bonds. The molecule has 2 N–H and O–H groups in total. The Bertz CT molecular complexity index is 1010. The summed E-state index contributed by atoms with van der Waals surface area (Å²) in [5, 5.41) is 3.79. The summed E-state index contributed by atoms with van der Waals surface area (Å²) in [5.74, 6) is -0.544. The largest absolute Gasteiger partial charge is 0.494 e. The number of esters is 1. The molecule has 0 aliphatic heterocycles. The molecular weight excluding hydrogens is 372 g/mol. The van der Waals surface area contributed by atoms with E-state index in [1.54, 1.807) is 30.3 Å². The van der Waals surface area contributed by atoms with Crippen molar-refractivity contribution in [2.45, 2.75) is 19.8 Å². The molecule has 0 saturated carbocycles. The van der Waals surface area contributed by atoms with Crippen LogP contribution in [0.2, 0.25) is 0 Å². The number of fused-ring (bicyclic) bond motifs is 1. The molecule has 0 saturated heterocycles. The van der Waals surface area contributed by atoms with Crippen LogP contribution in [0.1, 0.15) is 30.1 Å². The van der Waals surface area contributed by atoms with Crippen molar-refractivity contribution in [1.29, 1.82) is 0 Å². The summed E-state index contributed by atoms with van der Waals surface area (Å²) in [6, 6.07) is 14.1. The van der Waals surface area contributed by atoms with Crippen LogP contribution in [0.25, 0.3) is 10.9 Å². The van der Waals surface area contributed by atoms with Gasteiger partial charge in [-0.05, 0) is 54.8 Å². The second-order valence-electron chi connectivity index (χ2n) is 6.37. The third-order valence-corrected chi connectivity index (χ3v) is 4.25. The highest BCUT2D eigenvalue weighted by atomic mass is 16.5. The predicted molar refractivity (Wildman–Crippen MR) is 109 cm³/mol. The van der Waals surface area contributed by atoms with Crippen LogP contribution in [-0.2, 0) is 14.3 Å². The standard InChI is InChI=1S/C22H22N2O5/c1-2-28-18-7-4-16(5-8-18)20(25)14-29-22(27)10-9-21(26)24-17-6-3-15-11-12-23-19(15)13-17/h3-8,11-13,23H,2,9-10,14H2,1H3,(H,24,26). The number of hydrogen-bond donors (Lipinski definition) is 2. The molecule has 0 aliphatic carbocycles. The number of nitrogens with one attached hydrogen (secondary N) is 2. The van der Waals surface area contributed by atoms with Crippen LogP contribution in [0, 0.1) is 0 Å². The number of hydrogen-bond acceptors (Lipinski definition) is 5. The first-order chi connectivity index (χ1) is 14.0. The molecule has 7 heteroatoms. The Balaban J connectivity index is 1.40. The summed E-state index contributed by atoms with van der Waals surface area (Å²) in [7, 11) is 0. The van der Waals surface area contributed by atoms with E-state index >= 15 is 0 Å². The molecule has 0 spiro atoms. The van der Waals surface area contributed by atoms with E-state index in [1.807, 2.05) is 31.3 Å². The highest BCUT2D eigenvalue weighted by molar-refractivity contribution is 5.98. The van der Waals surface area contributed by atoms with Crippen LogP contribution in [0.5, 0.6) is 5.75 Å². The summed E-state index contributed by atoms with van der Waals surface area (Å²) in [5.41, 5.74) is 1.98. The average molecular weight is 394 g/mol. The highest BCUT2D eigenvalue weighted by Crippen LogP contribution is 2.18. The topological polar surface area (TPSA) is 97.5 Å². The molecule has 29 heavy (non-hydrogen) atoms. The van der Waals surface area contributed by atoms with Gasteiger partial charge in [0.25, 0.3) is 0 Å². The van der Waals surface area contributed by atoms with E-state index < -0.39 is 5.97 Å². The second kappa shape index (κ2) is 9.54. The zero-order valence-electron chi connectivity index (χ0n) is 16.1. The zero-order chi connectivity index (χ0) is 20.6. The minimum atomic E-state index is -0.598. The number of amides is 1. The summed E-state index contributed by atoms with van der Waals surface area (Å²) < 4.78 is 10.3. The van der Waals surface area contributed by atoms with Crippen LogP contribution in [0.4, 0.5) is 5.69 Å². The number of aromatic amines is 1. The maximum absolute atomic E-state index is 12.1. The Kier molecular flexibility index (Phi) is 6.63. The van der Waals surface area contributed by atoms with Crippen molar-refractivity contribution in [2.24, 2.45) is 0 Å². The van der Waals surface area contributed by atoms with Crippen molar-refractivity contribution >= 4 is 34.3 Å². The number of benzene rings is 2. The summed E-state index contributed by atoms with van der Waals surface area (Å²) in [6.07, 6.45) is 1.69. The molecule has 2 aromatic carbocycles. The zero-order valence-corrected chi connectivity index (χ0v) is 16.1. The van der Waals surface area contributed by atoms with E-state index in [2.05, 4.69) is 10.3 Å². The van der Waals surface area contributed by atoms with Crippen LogP contribution >= 0.6 is 0 Å². The second-order valence-corrected chi connectivity index (χ2v) is 6.37. The minimum Gasteiger partial charge on any atom is -0.494 e. The lowest BCUT2D eigenvalue weighted by atomic mass is 10.1. The third kappa shape index (κ3) is 5.68. The minimum absolute atomic E-state index is 0.0289. The number of anilines is 1. The number of ketones is 1. The lowest BCUT2D eigenvalue weighted by molar-refractivity contribution is -0.143. The van der Waals surface area contributed by atoms with Crippen LogP contribution in [0.3, 0.4) is 0 Å². The molecule has 7 nitrogen and oxygen atoms in total. The van der Waals surface area contributed by atoms with Crippen molar-refractivity contribution < 1.29 is 23.9 Å². The van der Waals surface area contributed by atoms with Gasteiger partial charge in [-0.15, -0.1) is 0 Å². The van der Waals surface area contributed by atoms with Crippen molar-refractivity contribution in [3.8, 4) is 5.75 Å². The van der Waals surface area contributed by atoms with Crippen molar-refractivity contribution in [1.82, 2.24) is 4.98 Å². The maximum Gasteiger partial charge on any atom is 0.306 e. The third-order valence-electron chi connectivity index (χ3n) is 4.25. The van der Waals surface area contributed by atoms with Gasteiger partial charge in [-0.1, -0.05) is 6.07 Å². The Morgan fingerprint density at radius 2 is 1.79 bits per heavy atom. The molecule has 1 heterocycles. The molecule has 150 valence electrons. The van der Waals surface area contributed by atoms with Gasteiger partial charge in [0.05, 0.1) is 13.0 Å². The van der Waals surface area contributed by atoms with Crippen LogP contribution in [0.15, 0.2) is 54.7 Å². The average Bonchev–Trinajstić information content (AvgIpc) is 3.19. The molecular formula is C22H22N2O5. The Morgan fingerprint density at radius 3 is 2.55 bits per heavy atom. The fourth-order valence-electron chi connectivity index (χ4n) is 2.77. The van der Waals surface area contributed by atoms with Crippen molar-refractivity contribution in [3.05, 3.63) is 60.3 Å². The number of rotatable bonds is 9. The smallest absolute Gasteiger partial charge is 0.306 e. The Hall–Kier alpha value is -3.61. The van der Waals surface area contributed by atoms with Crippen molar-refractivity contribution in [3.63, 3.8) is 0 Å². The van der Waals surface area contributed by atoms with E-state index in [-0.39, 0.29) is 31.1 Å². The first-order valence-electron chi connectivity index (χ1n) is 9.34. The van der Waals surface area contributed by atoms with Gasteiger partial charge < -0.3 is 19.8 Å². The van der Waals surface area contributed by atoms with Crippen LogP contribution in [-0.4, -0.2) is 35.9 Å². The number of carbonyl (C=O) groups excluding carboxylic acids is 3. The lowest BCUT2D eigenvalue weighted by Crippen LogP contribution is -2.17. The summed E-state index contributed by atoms with van der Waals surface area (Å²) >= 11 is 0. The van der Waals surface area contributed by atoms with E-state index in [4.69, 9.17) is 9.47 Å². The number of Topliss-reactive ketones (excluding diaryl/α,β-unsaturated/α-hetero) is 1. The molecule has 0 aliphatic rings. The monoisotopic (exact) mass is 394 g/mol. The lowest BCUT2D eigenvalue weighted by Gasteiger charge is -2.07. The van der Waals surface area contributed by atoms with Gasteiger partial charge in [0.2, 0.25) is 5.91 Å². The molecule has 0 unspecified atom stereocenters. The quantitative estimate of drug-likeness (QED) is 0.426. The van der Waals surface area contributed by atoms with Gasteiger partial charge >= 0.3 is 5.97 Å². The van der Waals surface area contributed by atoms with Gasteiger partial charge in [0, 0.05) is 29.4 Å². The fraction of sp³-hybridized carbons (Fsp3) is 0.227.